The lowest BCUT2D eigenvalue weighted by Gasteiger charge is -2.11. The van der Waals surface area contributed by atoms with Crippen molar-refractivity contribution >= 4 is 11.9 Å². The Labute approximate surface area is 191 Å². The third-order valence-electron chi connectivity index (χ3n) is 5.44. The molecule has 4 rings (SSSR count). The quantitative estimate of drug-likeness (QED) is 0.462. The first-order chi connectivity index (χ1) is 16.1. The van der Waals surface area contributed by atoms with Crippen LogP contribution in [0.15, 0.2) is 60.7 Å². The number of carboxylic acids is 1. The molecule has 3 aromatic carbocycles. The van der Waals surface area contributed by atoms with E-state index in [1.807, 2.05) is 47.8 Å². The number of carboxylic acid groups (broad SMARTS) is 1. The average Bonchev–Trinajstić information content (AvgIpc) is 3.31. The third kappa shape index (κ3) is 5.07. The number of methoxy groups -OCH3 is 1. The zero-order valence-corrected chi connectivity index (χ0v) is 18.2. The van der Waals surface area contributed by atoms with E-state index < -0.39 is 5.97 Å². The normalized spacial score (nSPS) is 11.8. The van der Waals surface area contributed by atoms with Gasteiger partial charge in [0.15, 0.2) is 11.5 Å². The Morgan fingerprint density at radius 1 is 1.00 bits per heavy atom. The highest BCUT2D eigenvalue weighted by Gasteiger charge is 2.26. The zero-order chi connectivity index (χ0) is 23.2. The minimum atomic E-state index is -1.06. The van der Waals surface area contributed by atoms with Gasteiger partial charge in [0.25, 0.3) is 5.91 Å². The number of quaternary nitrogens is 1. The van der Waals surface area contributed by atoms with E-state index in [4.69, 9.17) is 14.2 Å². The van der Waals surface area contributed by atoms with Gasteiger partial charge >= 0.3 is 5.97 Å². The highest BCUT2D eigenvalue weighted by Crippen LogP contribution is 2.37. The third-order valence-corrected chi connectivity index (χ3v) is 5.44. The van der Waals surface area contributed by atoms with E-state index in [2.05, 4.69) is 5.32 Å². The van der Waals surface area contributed by atoms with Gasteiger partial charge < -0.3 is 30.0 Å². The second-order valence-corrected chi connectivity index (χ2v) is 7.52. The van der Waals surface area contributed by atoms with Crippen molar-refractivity contribution in [3.63, 3.8) is 0 Å². The van der Waals surface area contributed by atoms with Crippen molar-refractivity contribution in [3.8, 4) is 17.2 Å². The summed E-state index contributed by atoms with van der Waals surface area (Å²) < 4.78 is 15.8. The summed E-state index contributed by atoms with van der Waals surface area (Å²) in [5.74, 6) is 0.254. The first-order valence-corrected chi connectivity index (χ1v) is 10.5. The van der Waals surface area contributed by atoms with E-state index in [1.54, 1.807) is 25.3 Å². The fourth-order valence-electron chi connectivity index (χ4n) is 3.74. The molecule has 0 unspecified atom stereocenters. The average molecular weight is 449 g/mol. The number of carbonyl (C=O) groups excluding carboxylic acids is 1. The summed E-state index contributed by atoms with van der Waals surface area (Å²) in [6, 6.07) is 18.4. The Morgan fingerprint density at radius 3 is 2.52 bits per heavy atom. The maximum absolute atomic E-state index is 12.8. The van der Waals surface area contributed by atoms with Crippen molar-refractivity contribution in [3.05, 3.63) is 88.5 Å². The standard InChI is InChI=1S/C25H24N2O6/c1-31-19-9-6-16(7-10-19)12-27-24(28)20-5-3-2-4-17(20)13-26-14-18-8-11-21-23(33-15-32-21)22(18)25(29)30/h2-11,26H,12-15H2,1H3,(H,27,28)(H,29,30)/p+1. The van der Waals surface area contributed by atoms with Crippen LogP contribution in [-0.4, -0.2) is 30.9 Å². The van der Waals surface area contributed by atoms with Crippen LogP contribution in [0.5, 0.6) is 17.2 Å². The molecule has 1 aliphatic rings. The van der Waals surface area contributed by atoms with E-state index in [9.17, 15) is 14.7 Å². The second-order valence-electron chi connectivity index (χ2n) is 7.52. The summed E-state index contributed by atoms with van der Waals surface area (Å²) in [4.78, 5) is 24.6. The zero-order valence-electron chi connectivity index (χ0n) is 18.2. The monoisotopic (exact) mass is 449 g/mol. The SMILES string of the molecule is COc1ccc(CNC(=O)c2ccccc2C[NH2+]Cc2ccc3c(c2C(=O)O)OCO3)cc1. The largest absolute Gasteiger partial charge is 0.497 e. The summed E-state index contributed by atoms with van der Waals surface area (Å²) >= 11 is 0. The van der Waals surface area contributed by atoms with E-state index >= 15 is 0 Å². The number of ether oxygens (including phenoxy) is 3. The van der Waals surface area contributed by atoms with Crippen molar-refractivity contribution < 1.29 is 34.2 Å². The number of hydrogen-bond acceptors (Lipinski definition) is 5. The lowest BCUT2D eigenvalue weighted by Crippen LogP contribution is -2.81. The number of nitrogens with two attached hydrogens (primary N) is 1. The van der Waals surface area contributed by atoms with Gasteiger partial charge in [0.05, 0.1) is 7.11 Å². The predicted molar refractivity (Wildman–Crippen MR) is 119 cm³/mol. The second kappa shape index (κ2) is 10.1. The number of benzene rings is 3. The minimum Gasteiger partial charge on any atom is -0.497 e. The Hall–Kier alpha value is -4.04. The fourth-order valence-corrected chi connectivity index (χ4v) is 3.74. The molecule has 0 fully saturated rings. The molecule has 3 aromatic rings. The molecule has 0 aliphatic carbocycles. The number of aromatic carboxylic acids is 1. The van der Waals surface area contributed by atoms with Gasteiger partial charge in [0.2, 0.25) is 6.79 Å². The highest BCUT2D eigenvalue weighted by molar-refractivity contribution is 5.95. The molecule has 8 heteroatoms. The Kier molecular flexibility index (Phi) is 6.75. The molecule has 33 heavy (non-hydrogen) atoms. The Morgan fingerprint density at radius 2 is 1.76 bits per heavy atom. The highest BCUT2D eigenvalue weighted by atomic mass is 16.7. The van der Waals surface area contributed by atoms with Crippen molar-refractivity contribution in [2.24, 2.45) is 0 Å². The smallest absolute Gasteiger partial charge is 0.340 e. The topological polar surface area (TPSA) is 111 Å². The number of rotatable bonds is 9. The van der Waals surface area contributed by atoms with E-state index in [0.717, 1.165) is 16.9 Å². The molecule has 8 nitrogen and oxygen atoms in total. The Bertz CT molecular complexity index is 1160. The molecule has 170 valence electrons. The molecule has 1 amide bonds. The van der Waals surface area contributed by atoms with Crippen LogP contribution < -0.4 is 24.8 Å². The van der Waals surface area contributed by atoms with Crippen LogP contribution in [0.4, 0.5) is 0 Å². The van der Waals surface area contributed by atoms with E-state index in [-0.39, 0.29) is 24.0 Å². The molecule has 0 aromatic heterocycles. The molecule has 1 aliphatic heterocycles. The van der Waals surface area contributed by atoms with Gasteiger partial charge in [-0.2, -0.15) is 0 Å². The maximum atomic E-state index is 12.8. The molecule has 0 spiro atoms. The molecule has 4 N–H and O–H groups in total. The van der Waals surface area contributed by atoms with Crippen LogP contribution in [-0.2, 0) is 19.6 Å². The molecular weight excluding hydrogens is 424 g/mol. The van der Waals surface area contributed by atoms with Gasteiger partial charge in [0, 0.05) is 23.2 Å². The van der Waals surface area contributed by atoms with Crippen LogP contribution >= 0.6 is 0 Å². The van der Waals surface area contributed by atoms with Gasteiger partial charge in [-0.25, -0.2) is 4.79 Å². The number of amides is 1. The van der Waals surface area contributed by atoms with Crippen LogP contribution in [0, 0.1) is 0 Å². The number of carbonyl (C=O) groups is 2. The van der Waals surface area contributed by atoms with Gasteiger partial charge in [-0.1, -0.05) is 30.3 Å². The van der Waals surface area contributed by atoms with E-state index in [0.29, 0.717) is 36.5 Å². The van der Waals surface area contributed by atoms with Crippen molar-refractivity contribution in [2.45, 2.75) is 19.6 Å². The molecule has 1 heterocycles. The number of hydrogen-bond donors (Lipinski definition) is 3. The van der Waals surface area contributed by atoms with Crippen molar-refractivity contribution in [1.82, 2.24) is 5.32 Å². The van der Waals surface area contributed by atoms with Crippen molar-refractivity contribution in [2.75, 3.05) is 13.9 Å². The molecule has 0 bridgehead atoms. The van der Waals surface area contributed by atoms with Gasteiger partial charge in [-0.3, -0.25) is 4.79 Å². The van der Waals surface area contributed by atoms with Crippen molar-refractivity contribution in [1.29, 1.82) is 0 Å². The minimum absolute atomic E-state index is 0.0157. The van der Waals surface area contributed by atoms with Crippen LogP contribution in [0.25, 0.3) is 0 Å². The molecule has 0 saturated carbocycles. The van der Waals surface area contributed by atoms with Gasteiger partial charge in [-0.05, 0) is 35.9 Å². The predicted octanol–water partition coefficient (Wildman–Crippen LogP) is 2.32. The maximum Gasteiger partial charge on any atom is 0.340 e. The van der Waals surface area contributed by atoms with Gasteiger partial charge in [-0.15, -0.1) is 0 Å². The van der Waals surface area contributed by atoms with Gasteiger partial charge in [0.1, 0.15) is 24.4 Å². The lowest BCUT2D eigenvalue weighted by molar-refractivity contribution is -0.686. The summed E-state index contributed by atoms with van der Waals surface area (Å²) in [6.07, 6.45) is 0. The first kappa shape index (κ1) is 22.2. The summed E-state index contributed by atoms with van der Waals surface area (Å²) in [5.41, 5.74) is 3.17. The Balaban J connectivity index is 1.40. The van der Waals surface area contributed by atoms with Crippen LogP contribution in [0.1, 0.15) is 37.4 Å². The van der Waals surface area contributed by atoms with E-state index in [1.165, 1.54) is 0 Å². The fraction of sp³-hybridized carbons (Fsp3) is 0.200. The number of fused-ring (bicyclic) bond motifs is 1. The lowest BCUT2D eigenvalue weighted by atomic mass is 10.0. The summed E-state index contributed by atoms with van der Waals surface area (Å²) in [7, 11) is 1.61. The summed E-state index contributed by atoms with van der Waals surface area (Å²) in [6.45, 7) is 1.35. The molecular formula is C25H25N2O6+. The first-order valence-electron chi connectivity index (χ1n) is 10.5. The number of nitrogens with one attached hydrogen (secondary N) is 1. The molecule has 0 radical (unpaired) electrons. The molecule has 0 saturated heterocycles. The van der Waals surface area contributed by atoms with Crippen LogP contribution in [0.3, 0.4) is 0 Å². The van der Waals surface area contributed by atoms with Crippen LogP contribution in [0.2, 0.25) is 0 Å². The molecule has 0 atom stereocenters. The summed E-state index contributed by atoms with van der Waals surface area (Å²) in [5, 5.41) is 14.5.